The van der Waals surface area contributed by atoms with E-state index in [1.54, 1.807) is 7.11 Å². The van der Waals surface area contributed by atoms with Crippen molar-refractivity contribution < 1.29 is 4.74 Å². The summed E-state index contributed by atoms with van der Waals surface area (Å²) in [5.41, 5.74) is 2.36. The van der Waals surface area contributed by atoms with E-state index < -0.39 is 0 Å². The minimum absolute atomic E-state index is 0.735. The normalized spacial score (nSPS) is 11.1. The van der Waals surface area contributed by atoms with E-state index in [2.05, 4.69) is 36.5 Å². The predicted molar refractivity (Wildman–Crippen MR) is 91.0 cm³/mol. The van der Waals surface area contributed by atoms with Crippen LogP contribution in [-0.4, -0.2) is 31.0 Å². The summed E-state index contributed by atoms with van der Waals surface area (Å²) < 4.78 is 5.08. The summed E-state index contributed by atoms with van der Waals surface area (Å²) in [7, 11) is 1.73. The standard InChI is InChI=1S/C17H24N2OS/c1-3-4-11-21-17-15(13-18-9-10-20-2)12-14-7-5-6-8-16(14)19-17/h5-8,12,18H,3-4,9-11,13H2,1-2H3. The predicted octanol–water partition coefficient (Wildman–Crippen LogP) is 3.86. The summed E-state index contributed by atoms with van der Waals surface area (Å²) in [5, 5.41) is 5.79. The molecule has 1 aromatic carbocycles. The van der Waals surface area contributed by atoms with Gasteiger partial charge >= 0.3 is 0 Å². The molecule has 1 heterocycles. The van der Waals surface area contributed by atoms with Gasteiger partial charge in [-0.25, -0.2) is 4.98 Å². The zero-order chi connectivity index (χ0) is 14.9. The maximum atomic E-state index is 5.08. The molecule has 4 heteroatoms. The highest BCUT2D eigenvalue weighted by Crippen LogP contribution is 2.25. The van der Waals surface area contributed by atoms with Gasteiger partial charge in [-0.2, -0.15) is 0 Å². The molecule has 0 radical (unpaired) electrons. The van der Waals surface area contributed by atoms with E-state index in [9.17, 15) is 0 Å². The van der Waals surface area contributed by atoms with E-state index in [0.29, 0.717) is 0 Å². The highest BCUT2D eigenvalue weighted by Gasteiger charge is 2.07. The van der Waals surface area contributed by atoms with Crippen LogP contribution in [0.5, 0.6) is 0 Å². The SMILES string of the molecule is CCCCSc1nc2ccccc2cc1CNCCOC. The average Bonchev–Trinajstić information content (AvgIpc) is 2.52. The molecule has 0 atom stereocenters. The first-order valence-corrected chi connectivity index (χ1v) is 8.55. The Bertz CT molecular complexity index is 559. The molecule has 1 N–H and O–H groups in total. The van der Waals surface area contributed by atoms with Crippen molar-refractivity contribution in [3.8, 4) is 0 Å². The van der Waals surface area contributed by atoms with E-state index in [-0.39, 0.29) is 0 Å². The fourth-order valence-electron chi connectivity index (χ4n) is 2.10. The van der Waals surface area contributed by atoms with Crippen LogP contribution in [0.15, 0.2) is 35.4 Å². The molecule has 0 aliphatic carbocycles. The fourth-order valence-corrected chi connectivity index (χ4v) is 3.21. The molecule has 3 nitrogen and oxygen atoms in total. The minimum atomic E-state index is 0.735. The number of methoxy groups -OCH3 is 1. The van der Waals surface area contributed by atoms with Gasteiger partial charge in [0.2, 0.25) is 0 Å². The molecule has 2 aromatic rings. The summed E-state index contributed by atoms with van der Waals surface area (Å²) in [6.07, 6.45) is 2.46. The lowest BCUT2D eigenvalue weighted by atomic mass is 10.1. The van der Waals surface area contributed by atoms with Crippen LogP contribution in [0.3, 0.4) is 0 Å². The number of hydrogen-bond acceptors (Lipinski definition) is 4. The fraction of sp³-hybridized carbons (Fsp3) is 0.471. The number of ether oxygens (including phenoxy) is 1. The Hall–Kier alpha value is -1.10. The van der Waals surface area contributed by atoms with Gasteiger partial charge in [-0.1, -0.05) is 31.5 Å². The van der Waals surface area contributed by atoms with Crippen molar-refractivity contribution in [1.82, 2.24) is 10.3 Å². The van der Waals surface area contributed by atoms with Crippen molar-refractivity contribution in [1.29, 1.82) is 0 Å². The Labute approximate surface area is 131 Å². The van der Waals surface area contributed by atoms with Crippen LogP contribution in [-0.2, 0) is 11.3 Å². The van der Waals surface area contributed by atoms with Gasteiger partial charge < -0.3 is 10.1 Å². The van der Waals surface area contributed by atoms with Crippen molar-refractivity contribution >= 4 is 22.7 Å². The molecule has 0 unspecified atom stereocenters. The van der Waals surface area contributed by atoms with Gasteiger partial charge in [-0.3, -0.25) is 0 Å². The van der Waals surface area contributed by atoms with E-state index in [1.165, 1.54) is 23.8 Å². The molecule has 1 aromatic heterocycles. The van der Waals surface area contributed by atoms with Crippen LogP contribution in [0.4, 0.5) is 0 Å². The molecule has 0 bridgehead atoms. The number of unbranched alkanes of at least 4 members (excludes halogenated alkanes) is 1. The van der Waals surface area contributed by atoms with Crippen LogP contribution in [0, 0.1) is 0 Å². The van der Waals surface area contributed by atoms with Crippen LogP contribution in [0.2, 0.25) is 0 Å². The summed E-state index contributed by atoms with van der Waals surface area (Å²) >= 11 is 1.87. The molecule has 21 heavy (non-hydrogen) atoms. The molecule has 0 aliphatic rings. The lowest BCUT2D eigenvalue weighted by molar-refractivity contribution is 0.199. The number of thioether (sulfide) groups is 1. The second-order valence-corrected chi connectivity index (χ2v) is 6.10. The first kappa shape index (κ1) is 16.3. The molecule has 0 aliphatic heterocycles. The second kappa shape index (κ2) is 9.03. The number of nitrogens with one attached hydrogen (secondary N) is 1. The Morgan fingerprint density at radius 3 is 2.95 bits per heavy atom. The molecule has 114 valence electrons. The van der Waals surface area contributed by atoms with Gasteiger partial charge in [-0.15, -0.1) is 11.8 Å². The number of benzene rings is 1. The van der Waals surface area contributed by atoms with E-state index in [1.807, 2.05) is 17.8 Å². The number of rotatable bonds is 9. The molecule has 0 spiro atoms. The summed E-state index contributed by atoms with van der Waals surface area (Å²) in [6, 6.07) is 10.6. The van der Waals surface area contributed by atoms with Gasteiger partial charge in [0, 0.05) is 25.6 Å². The quantitative estimate of drug-likeness (QED) is 0.563. The first-order chi connectivity index (χ1) is 10.3. The topological polar surface area (TPSA) is 34.2 Å². The van der Waals surface area contributed by atoms with Gasteiger partial charge in [0.1, 0.15) is 5.03 Å². The van der Waals surface area contributed by atoms with Gasteiger partial charge in [0.05, 0.1) is 12.1 Å². The number of fused-ring (bicyclic) bond motifs is 1. The Kier molecular flexibility index (Phi) is 7.00. The minimum Gasteiger partial charge on any atom is -0.383 e. The lowest BCUT2D eigenvalue weighted by Gasteiger charge is -2.11. The monoisotopic (exact) mass is 304 g/mol. The maximum Gasteiger partial charge on any atom is 0.101 e. The molecule has 0 saturated carbocycles. The number of pyridine rings is 1. The van der Waals surface area contributed by atoms with Gasteiger partial charge in [-0.05, 0) is 29.9 Å². The van der Waals surface area contributed by atoms with E-state index >= 15 is 0 Å². The number of aromatic nitrogens is 1. The molecular weight excluding hydrogens is 280 g/mol. The number of nitrogens with zero attached hydrogens (tertiary/aromatic N) is 1. The van der Waals surface area contributed by atoms with E-state index in [0.717, 1.165) is 36.0 Å². The molecule has 0 fully saturated rings. The Morgan fingerprint density at radius 1 is 1.29 bits per heavy atom. The zero-order valence-electron chi connectivity index (χ0n) is 12.9. The third-order valence-electron chi connectivity index (χ3n) is 3.30. The molecule has 2 rings (SSSR count). The Morgan fingerprint density at radius 2 is 2.14 bits per heavy atom. The van der Waals surface area contributed by atoms with Crippen molar-refractivity contribution in [3.05, 3.63) is 35.9 Å². The van der Waals surface area contributed by atoms with Crippen molar-refractivity contribution in [3.63, 3.8) is 0 Å². The van der Waals surface area contributed by atoms with E-state index in [4.69, 9.17) is 9.72 Å². The van der Waals surface area contributed by atoms with Gasteiger partial charge in [0.25, 0.3) is 0 Å². The third-order valence-corrected chi connectivity index (χ3v) is 4.42. The Balaban J connectivity index is 2.14. The summed E-state index contributed by atoms with van der Waals surface area (Å²) in [5.74, 6) is 1.13. The van der Waals surface area contributed by atoms with Crippen LogP contribution < -0.4 is 5.32 Å². The largest absolute Gasteiger partial charge is 0.383 e. The smallest absolute Gasteiger partial charge is 0.101 e. The molecular formula is C17H24N2OS. The summed E-state index contributed by atoms with van der Waals surface area (Å²) in [4.78, 5) is 4.84. The van der Waals surface area contributed by atoms with Crippen LogP contribution in [0.25, 0.3) is 10.9 Å². The van der Waals surface area contributed by atoms with Crippen molar-refractivity contribution in [2.75, 3.05) is 26.0 Å². The van der Waals surface area contributed by atoms with Crippen LogP contribution in [0.1, 0.15) is 25.3 Å². The van der Waals surface area contributed by atoms with Crippen LogP contribution >= 0.6 is 11.8 Å². The van der Waals surface area contributed by atoms with Crippen molar-refractivity contribution in [2.45, 2.75) is 31.3 Å². The first-order valence-electron chi connectivity index (χ1n) is 7.56. The molecule has 0 amide bonds. The average molecular weight is 304 g/mol. The van der Waals surface area contributed by atoms with Crippen molar-refractivity contribution in [2.24, 2.45) is 0 Å². The summed E-state index contributed by atoms with van der Waals surface area (Å²) in [6.45, 7) is 4.67. The van der Waals surface area contributed by atoms with Gasteiger partial charge in [0.15, 0.2) is 0 Å². The maximum absolute atomic E-state index is 5.08. The number of hydrogen-bond donors (Lipinski definition) is 1. The highest BCUT2D eigenvalue weighted by atomic mass is 32.2. The second-order valence-electron chi connectivity index (χ2n) is 5.02. The zero-order valence-corrected chi connectivity index (χ0v) is 13.7. The third kappa shape index (κ3) is 4.99. The highest BCUT2D eigenvalue weighted by molar-refractivity contribution is 7.99. The lowest BCUT2D eigenvalue weighted by Crippen LogP contribution is -2.19. The molecule has 0 saturated heterocycles. The number of para-hydroxylation sites is 1.